The van der Waals surface area contributed by atoms with Crippen molar-refractivity contribution in [2.24, 2.45) is 0 Å². The van der Waals surface area contributed by atoms with Gasteiger partial charge in [-0.2, -0.15) is 13.2 Å². The first kappa shape index (κ1) is 21.4. The second kappa shape index (κ2) is 8.88. The van der Waals surface area contributed by atoms with E-state index in [-0.39, 0.29) is 30.4 Å². The normalized spacial score (nSPS) is 17.2. The molecule has 0 aromatic heterocycles. The molecule has 0 spiro atoms. The van der Waals surface area contributed by atoms with E-state index in [0.717, 1.165) is 0 Å². The van der Waals surface area contributed by atoms with Gasteiger partial charge in [-0.1, -0.05) is 37.3 Å². The second-order valence-corrected chi connectivity index (χ2v) is 8.33. The first-order chi connectivity index (χ1) is 12.6. The van der Waals surface area contributed by atoms with Gasteiger partial charge in [0.25, 0.3) is 0 Å². The summed E-state index contributed by atoms with van der Waals surface area (Å²) in [6.07, 6.45) is -2.79. The first-order valence-corrected chi connectivity index (χ1v) is 10.4. The molecule has 1 N–H and O–H groups in total. The SMILES string of the molecule is CCCS(=O)(=O)NC1CCN(C(=O)/C=C(/c2ccccc2)C(F)(F)F)CC1. The standard InChI is InChI=1S/C18H23F3N2O3S/c1-2-12-27(25,26)22-15-8-10-23(11-9-15)17(24)13-16(18(19,20)21)14-6-4-3-5-7-14/h3-7,13,15,22H,2,8-12H2,1H3/b16-13-. The minimum absolute atomic E-state index is 0.0287. The molecule has 0 atom stereocenters. The van der Waals surface area contributed by atoms with Crippen LogP contribution in [0.5, 0.6) is 0 Å². The Labute approximate surface area is 157 Å². The highest BCUT2D eigenvalue weighted by Gasteiger charge is 2.36. The van der Waals surface area contributed by atoms with Crippen LogP contribution in [0.15, 0.2) is 36.4 Å². The fourth-order valence-corrected chi connectivity index (χ4v) is 4.36. The summed E-state index contributed by atoms with van der Waals surface area (Å²) in [4.78, 5) is 13.7. The maximum atomic E-state index is 13.3. The molecule has 0 unspecified atom stereocenters. The number of hydrogen-bond donors (Lipinski definition) is 1. The van der Waals surface area contributed by atoms with Crippen LogP contribution >= 0.6 is 0 Å². The highest BCUT2D eigenvalue weighted by atomic mass is 32.2. The third kappa shape index (κ3) is 6.35. The van der Waals surface area contributed by atoms with E-state index < -0.39 is 27.7 Å². The van der Waals surface area contributed by atoms with E-state index in [2.05, 4.69) is 4.72 Å². The van der Waals surface area contributed by atoms with Crippen LogP contribution in [0.25, 0.3) is 5.57 Å². The number of likely N-dealkylation sites (tertiary alicyclic amines) is 1. The topological polar surface area (TPSA) is 66.5 Å². The Bertz CT molecular complexity index is 769. The molecule has 27 heavy (non-hydrogen) atoms. The third-order valence-electron chi connectivity index (χ3n) is 4.28. The minimum atomic E-state index is -4.65. The molecule has 5 nitrogen and oxygen atoms in total. The van der Waals surface area contributed by atoms with Crippen LogP contribution in [0.4, 0.5) is 13.2 Å². The number of nitrogens with one attached hydrogen (secondary N) is 1. The van der Waals surface area contributed by atoms with Crippen LogP contribution in [-0.4, -0.2) is 50.3 Å². The maximum absolute atomic E-state index is 13.3. The number of carbonyl (C=O) groups excluding carboxylic acids is 1. The number of benzene rings is 1. The van der Waals surface area contributed by atoms with E-state index >= 15 is 0 Å². The van der Waals surface area contributed by atoms with E-state index in [4.69, 9.17) is 0 Å². The van der Waals surface area contributed by atoms with Crippen LogP contribution in [0.2, 0.25) is 0 Å². The number of rotatable bonds is 6. The van der Waals surface area contributed by atoms with Crippen molar-refractivity contribution in [3.05, 3.63) is 42.0 Å². The summed E-state index contributed by atoms with van der Waals surface area (Å²) in [5, 5.41) is 0. The minimum Gasteiger partial charge on any atom is -0.339 e. The quantitative estimate of drug-likeness (QED) is 0.742. The number of carbonyl (C=O) groups is 1. The first-order valence-electron chi connectivity index (χ1n) is 8.75. The molecular formula is C18H23F3N2O3S. The summed E-state index contributed by atoms with van der Waals surface area (Å²) in [6, 6.07) is 6.87. The van der Waals surface area contributed by atoms with Gasteiger partial charge in [0.2, 0.25) is 15.9 Å². The summed E-state index contributed by atoms with van der Waals surface area (Å²) in [5.41, 5.74) is -1.06. The van der Waals surface area contributed by atoms with E-state index in [1.54, 1.807) is 13.0 Å². The number of alkyl halides is 3. The van der Waals surface area contributed by atoms with Gasteiger partial charge in [-0.15, -0.1) is 0 Å². The summed E-state index contributed by atoms with van der Waals surface area (Å²) in [6.45, 7) is 2.17. The molecule has 0 radical (unpaired) electrons. The summed E-state index contributed by atoms with van der Waals surface area (Å²) < 4.78 is 66.2. The summed E-state index contributed by atoms with van der Waals surface area (Å²) in [7, 11) is -3.36. The van der Waals surface area contributed by atoms with Crippen LogP contribution in [0, 0.1) is 0 Å². The van der Waals surface area contributed by atoms with E-state index in [1.165, 1.54) is 29.2 Å². The summed E-state index contributed by atoms with van der Waals surface area (Å²) in [5.74, 6) is -0.693. The highest BCUT2D eigenvalue weighted by molar-refractivity contribution is 7.89. The zero-order chi connectivity index (χ0) is 20.1. The molecular weight excluding hydrogens is 381 g/mol. The predicted octanol–water partition coefficient (Wildman–Crippen LogP) is 2.95. The third-order valence-corrected chi connectivity index (χ3v) is 5.92. The van der Waals surface area contributed by atoms with Crippen molar-refractivity contribution in [2.75, 3.05) is 18.8 Å². The largest absolute Gasteiger partial charge is 0.417 e. The zero-order valence-electron chi connectivity index (χ0n) is 15.0. The number of halogens is 3. The zero-order valence-corrected chi connectivity index (χ0v) is 15.8. The summed E-state index contributed by atoms with van der Waals surface area (Å²) >= 11 is 0. The maximum Gasteiger partial charge on any atom is 0.417 e. The Morgan fingerprint density at radius 1 is 1.22 bits per heavy atom. The molecule has 0 saturated carbocycles. The van der Waals surface area contributed by atoms with Gasteiger partial charge in [0.15, 0.2) is 0 Å². The number of amides is 1. The molecule has 1 saturated heterocycles. The molecule has 0 bridgehead atoms. The van der Waals surface area contributed by atoms with Crippen molar-refractivity contribution in [3.63, 3.8) is 0 Å². The van der Waals surface area contributed by atoms with Gasteiger partial charge in [0, 0.05) is 25.2 Å². The number of hydrogen-bond acceptors (Lipinski definition) is 3. The van der Waals surface area contributed by atoms with Crippen molar-refractivity contribution in [1.29, 1.82) is 0 Å². The number of allylic oxidation sites excluding steroid dienone is 1. The fraction of sp³-hybridized carbons (Fsp3) is 0.500. The molecule has 2 rings (SSSR count). The molecule has 1 fully saturated rings. The van der Waals surface area contributed by atoms with Crippen molar-refractivity contribution >= 4 is 21.5 Å². The van der Waals surface area contributed by atoms with Crippen LogP contribution in [0.3, 0.4) is 0 Å². The molecule has 1 amide bonds. The van der Waals surface area contributed by atoms with Gasteiger partial charge in [-0.3, -0.25) is 4.79 Å². The number of piperidine rings is 1. The lowest BCUT2D eigenvalue weighted by Crippen LogP contribution is -2.46. The van der Waals surface area contributed by atoms with Gasteiger partial charge in [0.05, 0.1) is 11.3 Å². The lowest BCUT2D eigenvalue weighted by molar-refractivity contribution is -0.127. The van der Waals surface area contributed by atoms with Crippen molar-refractivity contribution in [1.82, 2.24) is 9.62 Å². The molecule has 1 aromatic rings. The van der Waals surface area contributed by atoms with E-state index in [1.807, 2.05) is 0 Å². The number of nitrogens with zero attached hydrogens (tertiary/aromatic N) is 1. The van der Waals surface area contributed by atoms with Crippen LogP contribution < -0.4 is 4.72 Å². The lowest BCUT2D eigenvalue weighted by Gasteiger charge is -2.31. The monoisotopic (exact) mass is 404 g/mol. The Morgan fingerprint density at radius 2 is 1.81 bits per heavy atom. The van der Waals surface area contributed by atoms with Gasteiger partial charge in [0.1, 0.15) is 0 Å². The predicted molar refractivity (Wildman–Crippen MR) is 97.3 cm³/mol. The van der Waals surface area contributed by atoms with Crippen molar-refractivity contribution < 1.29 is 26.4 Å². The van der Waals surface area contributed by atoms with Gasteiger partial charge >= 0.3 is 6.18 Å². The Kier molecular flexibility index (Phi) is 7.05. The molecule has 1 aromatic carbocycles. The Morgan fingerprint density at radius 3 is 2.33 bits per heavy atom. The second-order valence-electron chi connectivity index (χ2n) is 6.46. The number of sulfonamides is 1. The molecule has 1 heterocycles. The highest BCUT2D eigenvalue weighted by Crippen LogP contribution is 2.34. The molecule has 150 valence electrons. The van der Waals surface area contributed by atoms with Gasteiger partial charge in [-0.05, 0) is 24.8 Å². The van der Waals surface area contributed by atoms with Crippen molar-refractivity contribution in [2.45, 2.75) is 38.4 Å². The average molecular weight is 404 g/mol. The lowest BCUT2D eigenvalue weighted by atomic mass is 10.0. The molecule has 1 aliphatic heterocycles. The average Bonchev–Trinajstić information content (AvgIpc) is 2.59. The Balaban J connectivity index is 2.05. The van der Waals surface area contributed by atoms with Crippen LogP contribution in [0.1, 0.15) is 31.7 Å². The Hall–Kier alpha value is -1.87. The van der Waals surface area contributed by atoms with Crippen molar-refractivity contribution in [3.8, 4) is 0 Å². The molecule has 1 aliphatic rings. The smallest absolute Gasteiger partial charge is 0.339 e. The van der Waals surface area contributed by atoms with Crippen LogP contribution in [-0.2, 0) is 14.8 Å². The molecule has 9 heteroatoms. The van der Waals surface area contributed by atoms with E-state index in [9.17, 15) is 26.4 Å². The van der Waals surface area contributed by atoms with Gasteiger partial charge in [-0.25, -0.2) is 13.1 Å². The molecule has 0 aliphatic carbocycles. The van der Waals surface area contributed by atoms with Gasteiger partial charge < -0.3 is 4.90 Å². The fourth-order valence-electron chi connectivity index (χ4n) is 2.96. The van der Waals surface area contributed by atoms with E-state index in [0.29, 0.717) is 25.3 Å².